The number of hydrogen-bond donors (Lipinski definition) is 0. The number of carbonyl (C=O) groups is 2. The van der Waals surface area contributed by atoms with Gasteiger partial charge < -0.3 is 4.74 Å². The van der Waals surface area contributed by atoms with Crippen molar-refractivity contribution in [1.29, 1.82) is 0 Å². The Hall–Kier alpha value is -2.38. The molecular weight excluding hydrogens is 376 g/mol. The van der Waals surface area contributed by atoms with E-state index in [0.717, 1.165) is 22.3 Å². The molecule has 0 radical (unpaired) electrons. The third-order valence-corrected chi connectivity index (χ3v) is 12.4. The van der Waals surface area contributed by atoms with E-state index in [1.807, 2.05) is 31.2 Å². The maximum absolute atomic E-state index is 12.6. The SMILES string of the molecule is COC(=O)C(=O)c1cc(C#C[Si](C(C)C)(C(C)C)C(C)C)c2ccc(C)ccc1-2. The molecule has 0 N–H and O–H groups in total. The van der Waals surface area contributed by atoms with Gasteiger partial charge in [-0.15, -0.1) is 5.54 Å². The molecule has 29 heavy (non-hydrogen) atoms. The lowest BCUT2D eigenvalue weighted by molar-refractivity contribution is -0.135. The summed E-state index contributed by atoms with van der Waals surface area (Å²) in [5, 5.41) is 0. The molecule has 0 aromatic carbocycles. The molecule has 4 heteroatoms. The van der Waals surface area contributed by atoms with Crippen LogP contribution < -0.4 is 0 Å². The van der Waals surface area contributed by atoms with Crippen LogP contribution in [-0.2, 0) is 9.53 Å². The largest absolute Gasteiger partial charge is 0.463 e. The predicted octanol–water partition coefficient (Wildman–Crippen LogP) is 6.03. The van der Waals surface area contributed by atoms with Gasteiger partial charge in [0.2, 0.25) is 0 Å². The molecule has 0 unspecified atom stereocenters. The van der Waals surface area contributed by atoms with E-state index in [9.17, 15) is 9.59 Å². The van der Waals surface area contributed by atoms with Gasteiger partial charge in [0.1, 0.15) is 8.07 Å². The Morgan fingerprint density at radius 3 is 1.90 bits per heavy atom. The topological polar surface area (TPSA) is 43.4 Å². The van der Waals surface area contributed by atoms with Gasteiger partial charge in [0.25, 0.3) is 5.78 Å². The maximum Gasteiger partial charge on any atom is 0.379 e. The van der Waals surface area contributed by atoms with Gasteiger partial charge in [-0.05, 0) is 40.7 Å². The van der Waals surface area contributed by atoms with Gasteiger partial charge in [0.15, 0.2) is 0 Å². The summed E-state index contributed by atoms with van der Waals surface area (Å²) in [4.78, 5) is 24.5. The van der Waals surface area contributed by atoms with Crippen molar-refractivity contribution in [3.63, 3.8) is 0 Å². The van der Waals surface area contributed by atoms with Crippen molar-refractivity contribution in [1.82, 2.24) is 0 Å². The second kappa shape index (κ2) is 8.96. The smallest absolute Gasteiger partial charge is 0.379 e. The van der Waals surface area contributed by atoms with Crippen LogP contribution in [0.5, 0.6) is 0 Å². The van der Waals surface area contributed by atoms with Gasteiger partial charge in [-0.25, -0.2) is 4.79 Å². The Balaban J connectivity index is 2.74. The van der Waals surface area contributed by atoms with Crippen LogP contribution in [0.4, 0.5) is 0 Å². The number of aryl methyl sites for hydroxylation is 1. The molecule has 0 aromatic heterocycles. The first kappa shape index (κ1) is 22.9. The zero-order chi connectivity index (χ0) is 21.9. The standard InChI is InChI=1S/C25H32O3Si/c1-16(2)29(17(3)4,18(5)6)14-13-20-15-23(24(26)25(27)28-8)22-12-10-19(7)9-11-21(20)22/h9-12,15-18H,1-8H3. The first-order valence-electron chi connectivity index (χ1n) is 10.2. The second-order valence-electron chi connectivity index (χ2n) is 8.68. The molecule has 0 heterocycles. The Morgan fingerprint density at radius 1 is 0.897 bits per heavy atom. The summed E-state index contributed by atoms with van der Waals surface area (Å²) in [6.07, 6.45) is 0. The van der Waals surface area contributed by atoms with Gasteiger partial charge in [0.05, 0.1) is 7.11 Å². The van der Waals surface area contributed by atoms with Gasteiger partial charge in [-0.1, -0.05) is 77.3 Å². The van der Waals surface area contributed by atoms with Crippen molar-refractivity contribution in [2.45, 2.75) is 65.1 Å². The molecule has 2 rings (SSSR count). The molecule has 154 valence electrons. The summed E-state index contributed by atoms with van der Waals surface area (Å²) in [6, 6.07) is 9.60. The van der Waals surface area contributed by atoms with Crippen molar-refractivity contribution in [3.05, 3.63) is 47.0 Å². The van der Waals surface area contributed by atoms with E-state index in [4.69, 9.17) is 0 Å². The highest BCUT2D eigenvalue weighted by molar-refractivity contribution is 6.90. The summed E-state index contributed by atoms with van der Waals surface area (Å²) >= 11 is 0. The van der Waals surface area contributed by atoms with Crippen molar-refractivity contribution < 1.29 is 14.3 Å². The number of ketones is 1. The number of fused-ring (bicyclic) bond motifs is 1. The zero-order valence-electron chi connectivity index (χ0n) is 18.8. The fourth-order valence-corrected chi connectivity index (χ4v) is 9.75. The van der Waals surface area contributed by atoms with Crippen LogP contribution in [0, 0.1) is 18.4 Å². The fourth-order valence-electron chi connectivity index (χ4n) is 4.54. The number of rotatable bonds is 5. The van der Waals surface area contributed by atoms with Crippen LogP contribution >= 0.6 is 0 Å². The van der Waals surface area contributed by atoms with Crippen LogP contribution in [0.3, 0.4) is 0 Å². The molecule has 0 bridgehead atoms. The Bertz CT molecular complexity index is 923. The first-order chi connectivity index (χ1) is 13.6. The van der Waals surface area contributed by atoms with Crippen molar-refractivity contribution in [2.75, 3.05) is 7.11 Å². The van der Waals surface area contributed by atoms with Gasteiger partial charge in [-0.3, -0.25) is 4.79 Å². The molecular formula is C25H32O3Si. The van der Waals surface area contributed by atoms with Crippen molar-refractivity contribution in [3.8, 4) is 22.6 Å². The minimum absolute atomic E-state index is 0.359. The average molecular weight is 409 g/mol. The predicted molar refractivity (Wildman–Crippen MR) is 122 cm³/mol. The van der Waals surface area contributed by atoms with Crippen LogP contribution in [0.25, 0.3) is 11.1 Å². The highest BCUT2D eigenvalue weighted by Crippen LogP contribution is 2.41. The fraction of sp³-hybridized carbons (Fsp3) is 0.440. The number of carbonyl (C=O) groups excluding carboxylic acids is 2. The molecule has 0 atom stereocenters. The summed E-state index contributed by atoms with van der Waals surface area (Å²) < 4.78 is 4.66. The third kappa shape index (κ3) is 4.30. The summed E-state index contributed by atoms with van der Waals surface area (Å²) in [5.41, 5.74) is 9.16. The maximum atomic E-state index is 12.6. The number of ether oxygens (including phenoxy) is 1. The second-order valence-corrected chi connectivity index (χ2v) is 14.3. The highest BCUT2D eigenvalue weighted by Gasteiger charge is 2.41. The Labute approximate surface area is 176 Å². The van der Waals surface area contributed by atoms with Crippen molar-refractivity contribution in [2.24, 2.45) is 0 Å². The quantitative estimate of drug-likeness (QED) is 0.200. The van der Waals surface area contributed by atoms with Crippen molar-refractivity contribution >= 4 is 19.8 Å². The molecule has 0 spiro atoms. The Kier molecular flexibility index (Phi) is 7.08. The number of Topliss-reactive ketones (excluding diaryl/α,β-unsaturated/α-hetero) is 1. The van der Waals surface area contributed by atoms with Crippen LogP contribution in [-0.4, -0.2) is 26.9 Å². The van der Waals surface area contributed by atoms with E-state index in [1.165, 1.54) is 7.11 Å². The molecule has 3 nitrogen and oxygen atoms in total. The van der Waals surface area contributed by atoms with Gasteiger partial charge in [-0.2, -0.15) is 0 Å². The summed E-state index contributed by atoms with van der Waals surface area (Å²) in [7, 11) is -0.687. The molecule has 0 saturated carbocycles. The van der Waals surface area contributed by atoms with E-state index < -0.39 is 19.8 Å². The van der Waals surface area contributed by atoms with Gasteiger partial charge in [0, 0.05) is 11.1 Å². The summed E-state index contributed by atoms with van der Waals surface area (Å²) in [5.74, 6) is 1.96. The first-order valence-corrected chi connectivity index (χ1v) is 12.5. The van der Waals surface area contributed by atoms with Crippen LogP contribution in [0.2, 0.25) is 16.6 Å². The zero-order valence-corrected chi connectivity index (χ0v) is 19.8. The lowest BCUT2D eigenvalue weighted by atomic mass is 10.1. The number of esters is 1. The van der Waals surface area contributed by atoms with E-state index in [2.05, 4.69) is 57.7 Å². The Morgan fingerprint density at radius 2 is 1.41 bits per heavy atom. The van der Waals surface area contributed by atoms with Gasteiger partial charge >= 0.3 is 5.97 Å². The number of hydrogen-bond acceptors (Lipinski definition) is 3. The monoisotopic (exact) mass is 408 g/mol. The average Bonchev–Trinajstić information content (AvgIpc) is 2.88. The molecule has 2 aliphatic rings. The normalized spacial score (nSPS) is 11.7. The molecule has 0 amide bonds. The molecule has 2 aliphatic carbocycles. The van der Waals surface area contributed by atoms with E-state index in [-0.39, 0.29) is 0 Å². The van der Waals surface area contributed by atoms with E-state index >= 15 is 0 Å². The summed E-state index contributed by atoms with van der Waals surface area (Å²) in [6.45, 7) is 15.7. The molecule has 0 fully saturated rings. The minimum Gasteiger partial charge on any atom is -0.463 e. The lowest BCUT2D eigenvalue weighted by Crippen LogP contribution is -2.43. The molecule has 0 aromatic rings. The van der Waals surface area contributed by atoms with Crippen LogP contribution in [0.1, 0.15) is 63.0 Å². The minimum atomic E-state index is -1.91. The number of methoxy groups -OCH3 is 1. The lowest BCUT2D eigenvalue weighted by Gasteiger charge is -2.38. The highest BCUT2D eigenvalue weighted by atomic mass is 28.3. The third-order valence-electron chi connectivity index (χ3n) is 6.08. The van der Waals surface area contributed by atoms with Crippen LogP contribution in [0.15, 0.2) is 30.3 Å². The molecule has 0 saturated heterocycles. The van der Waals surface area contributed by atoms with E-state index in [0.29, 0.717) is 22.2 Å². The van der Waals surface area contributed by atoms with E-state index in [1.54, 1.807) is 6.07 Å². The molecule has 0 aliphatic heterocycles.